The monoisotopic (exact) mass is 330 g/mol. The number of hydrogen-bond donors (Lipinski definition) is 1. The maximum Gasteiger partial charge on any atom is 0.268 e. The van der Waals surface area contributed by atoms with Crippen molar-refractivity contribution in [3.8, 4) is 5.75 Å². The number of carbonyl (C=O) groups excluding carboxylic acids is 1. The lowest BCUT2D eigenvalue weighted by Gasteiger charge is -2.19. The number of hydrogen-bond acceptors (Lipinski definition) is 3. The molecular formula is C17H15ClN2O3. The van der Waals surface area contributed by atoms with E-state index in [4.69, 9.17) is 20.8 Å². The summed E-state index contributed by atoms with van der Waals surface area (Å²) in [7, 11) is 0. The predicted molar refractivity (Wildman–Crippen MR) is 87.1 cm³/mol. The minimum Gasteiger partial charge on any atom is -0.490 e. The average molecular weight is 331 g/mol. The van der Waals surface area contributed by atoms with E-state index in [2.05, 4.69) is 5.32 Å². The molecule has 0 atom stereocenters. The molecule has 4 rings (SSSR count). The van der Waals surface area contributed by atoms with Crippen LogP contribution in [0.25, 0.3) is 10.9 Å². The van der Waals surface area contributed by atoms with Crippen LogP contribution in [-0.4, -0.2) is 17.1 Å². The SMILES string of the molecule is Cc1ccc(CNC(=O)c2cc3c(Cl)ccc4c3n2CCO4)o1. The molecule has 0 radical (unpaired) electrons. The van der Waals surface area contributed by atoms with Crippen molar-refractivity contribution in [1.29, 1.82) is 0 Å². The average Bonchev–Trinajstić information content (AvgIpc) is 3.14. The van der Waals surface area contributed by atoms with Crippen LogP contribution in [0.5, 0.6) is 5.75 Å². The normalized spacial score (nSPS) is 13.1. The van der Waals surface area contributed by atoms with Gasteiger partial charge < -0.3 is 19.0 Å². The zero-order valence-electron chi connectivity index (χ0n) is 12.6. The molecule has 1 N–H and O–H groups in total. The fourth-order valence-electron chi connectivity index (χ4n) is 2.94. The largest absolute Gasteiger partial charge is 0.490 e. The van der Waals surface area contributed by atoms with Gasteiger partial charge in [0.1, 0.15) is 29.6 Å². The number of amides is 1. The number of aromatic nitrogens is 1. The number of benzene rings is 1. The van der Waals surface area contributed by atoms with Gasteiger partial charge in [-0.15, -0.1) is 0 Å². The van der Waals surface area contributed by atoms with Gasteiger partial charge in [0.15, 0.2) is 0 Å². The van der Waals surface area contributed by atoms with Gasteiger partial charge in [0.2, 0.25) is 0 Å². The van der Waals surface area contributed by atoms with Crippen LogP contribution in [0.1, 0.15) is 22.0 Å². The first-order valence-electron chi connectivity index (χ1n) is 7.41. The fourth-order valence-corrected chi connectivity index (χ4v) is 3.14. The Morgan fingerprint density at radius 2 is 2.22 bits per heavy atom. The molecule has 1 aromatic carbocycles. The number of aryl methyl sites for hydroxylation is 1. The highest BCUT2D eigenvalue weighted by atomic mass is 35.5. The van der Waals surface area contributed by atoms with Gasteiger partial charge in [0.25, 0.3) is 5.91 Å². The summed E-state index contributed by atoms with van der Waals surface area (Å²) in [5, 5.41) is 4.34. The third kappa shape index (κ3) is 2.37. The fraction of sp³-hybridized carbons (Fsp3) is 0.235. The molecular weight excluding hydrogens is 316 g/mol. The predicted octanol–water partition coefficient (Wildman–Crippen LogP) is 3.52. The molecule has 3 aromatic rings. The lowest BCUT2D eigenvalue weighted by molar-refractivity contribution is 0.0937. The number of ether oxygens (including phenoxy) is 1. The van der Waals surface area contributed by atoms with E-state index in [1.165, 1.54) is 0 Å². The maximum atomic E-state index is 12.6. The summed E-state index contributed by atoms with van der Waals surface area (Å²) in [5.41, 5.74) is 1.46. The number of furan rings is 1. The summed E-state index contributed by atoms with van der Waals surface area (Å²) >= 11 is 6.26. The second-order valence-corrected chi connectivity index (χ2v) is 5.94. The molecule has 23 heavy (non-hydrogen) atoms. The van der Waals surface area contributed by atoms with Gasteiger partial charge in [-0.3, -0.25) is 4.79 Å². The van der Waals surface area contributed by atoms with Crippen molar-refractivity contribution in [3.05, 3.63) is 52.6 Å². The second-order valence-electron chi connectivity index (χ2n) is 5.53. The molecule has 1 aliphatic heterocycles. The van der Waals surface area contributed by atoms with Gasteiger partial charge in [-0.05, 0) is 37.3 Å². The van der Waals surface area contributed by atoms with Crippen LogP contribution >= 0.6 is 11.6 Å². The molecule has 0 saturated carbocycles. The third-order valence-electron chi connectivity index (χ3n) is 3.99. The summed E-state index contributed by atoms with van der Waals surface area (Å²) in [5.74, 6) is 2.16. The highest BCUT2D eigenvalue weighted by Gasteiger charge is 2.22. The lowest BCUT2D eigenvalue weighted by Crippen LogP contribution is -2.27. The summed E-state index contributed by atoms with van der Waals surface area (Å²) in [6, 6.07) is 9.19. The first-order valence-corrected chi connectivity index (χ1v) is 7.79. The smallest absolute Gasteiger partial charge is 0.268 e. The van der Waals surface area contributed by atoms with Gasteiger partial charge in [-0.25, -0.2) is 0 Å². The Kier molecular flexibility index (Phi) is 3.31. The van der Waals surface area contributed by atoms with Crippen molar-refractivity contribution in [3.63, 3.8) is 0 Å². The molecule has 118 valence electrons. The standard InChI is InChI=1S/C17H15ClN2O3/c1-10-2-3-11(23-10)9-19-17(21)14-8-12-13(18)4-5-15-16(12)20(14)6-7-22-15/h2-5,8H,6-7,9H2,1H3,(H,19,21). The molecule has 1 aliphatic rings. The number of halogens is 1. The van der Waals surface area contributed by atoms with Crippen LogP contribution in [0.2, 0.25) is 5.02 Å². The van der Waals surface area contributed by atoms with Gasteiger partial charge in [0.05, 0.1) is 23.6 Å². The quantitative estimate of drug-likeness (QED) is 0.799. The molecule has 2 aromatic heterocycles. The molecule has 1 amide bonds. The first-order chi connectivity index (χ1) is 11.1. The highest BCUT2D eigenvalue weighted by molar-refractivity contribution is 6.36. The van der Waals surface area contributed by atoms with E-state index >= 15 is 0 Å². The zero-order valence-corrected chi connectivity index (χ0v) is 13.3. The van der Waals surface area contributed by atoms with E-state index in [0.29, 0.717) is 30.4 Å². The van der Waals surface area contributed by atoms with Crippen LogP contribution in [-0.2, 0) is 13.1 Å². The van der Waals surface area contributed by atoms with E-state index in [1.807, 2.05) is 35.8 Å². The Morgan fingerprint density at radius 1 is 1.35 bits per heavy atom. The van der Waals surface area contributed by atoms with Crippen molar-refractivity contribution in [2.24, 2.45) is 0 Å². The molecule has 0 bridgehead atoms. The topological polar surface area (TPSA) is 56.4 Å². The zero-order chi connectivity index (χ0) is 16.0. The summed E-state index contributed by atoms with van der Waals surface area (Å²) in [4.78, 5) is 12.6. The van der Waals surface area contributed by atoms with Crippen LogP contribution in [0.4, 0.5) is 0 Å². The van der Waals surface area contributed by atoms with Crippen LogP contribution in [0, 0.1) is 6.92 Å². The van der Waals surface area contributed by atoms with Crippen molar-refractivity contribution in [1.82, 2.24) is 9.88 Å². The summed E-state index contributed by atoms with van der Waals surface area (Å²) in [6.07, 6.45) is 0. The number of carbonyl (C=O) groups is 1. The maximum absolute atomic E-state index is 12.6. The Labute approximate surface area is 137 Å². The Hall–Kier alpha value is -2.40. The molecule has 0 aliphatic carbocycles. The highest BCUT2D eigenvalue weighted by Crippen LogP contribution is 2.36. The summed E-state index contributed by atoms with van der Waals surface area (Å²) < 4.78 is 13.1. The van der Waals surface area contributed by atoms with Gasteiger partial charge >= 0.3 is 0 Å². The molecule has 0 spiro atoms. The van der Waals surface area contributed by atoms with Crippen molar-refractivity contribution in [2.75, 3.05) is 6.61 Å². The Bertz CT molecular complexity index is 910. The molecule has 5 nitrogen and oxygen atoms in total. The van der Waals surface area contributed by atoms with E-state index < -0.39 is 0 Å². The van der Waals surface area contributed by atoms with Crippen molar-refractivity contribution < 1.29 is 13.9 Å². The van der Waals surface area contributed by atoms with Crippen LogP contribution in [0.3, 0.4) is 0 Å². The van der Waals surface area contributed by atoms with Gasteiger partial charge in [-0.2, -0.15) is 0 Å². The Morgan fingerprint density at radius 3 is 3.00 bits per heavy atom. The molecule has 0 saturated heterocycles. The Balaban J connectivity index is 1.67. The van der Waals surface area contributed by atoms with E-state index in [1.54, 1.807) is 6.07 Å². The number of nitrogens with one attached hydrogen (secondary N) is 1. The lowest BCUT2D eigenvalue weighted by atomic mass is 10.2. The van der Waals surface area contributed by atoms with E-state index in [0.717, 1.165) is 28.2 Å². The van der Waals surface area contributed by atoms with Gasteiger partial charge in [0, 0.05) is 5.39 Å². The summed E-state index contributed by atoms with van der Waals surface area (Å²) in [6.45, 7) is 3.39. The van der Waals surface area contributed by atoms with Crippen LogP contribution in [0.15, 0.2) is 34.7 Å². The third-order valence-corrected chi connectivity index (χ3v) is 4.32. The molecule has 3 heterocycles. The number of nitrogens with zero attached hydrogens (tertiary/aromatic N) is 1. The minimum atomic E-state index is -0.154. The van der Waals surface area contributed by atoms with E-state index in [-0.39, 0.29) is 5.91 Å². The van der Waals surface area contributed by atoms with Gasteiger partial charge in [-0.1, -0.05) is 11.6 Å². The number of rotatable bonds is 3. The molecule has 6 heteroatoms. The first kappa shape index (κ1) is 14.2. The van der Waals surface area contributed by atoms with Crippen molar-refractivity contribution >= 4 is 28.4 Å². The molecule has 0 fully saturated rings. The van der Waals surface area contributed by atoms with Crippen molar-refractivity contribution in [2.45, 2.75) is 20.0 Å². The molecule has 0 unspecified atom stereocenters. The minimum absolute atomic E-state index is 0.154. The second kappa shape index (κ2) is 5.35. The van der Waals surface area contributed by atoms with E-state index in [9.17, 15) is 4.79 Å². The van der Waals surface area contributed by atoms with Crippen LogP contribution < -0.4 is 10.1 Å².